The maximum atomic E-state index is 5.42. The molecule has 1 unspecified atom stereocenters. The molecule has 72 valence electrons. The maximum Gasteiger partial charge on any atom is 0.0728 e. The largest absolute Gasteiger partial charge is 0.306 e. The first kappa shape index (κ1) is 9.92. The average molecular weight is 172 g/mol. The van der Waals surface area contributed by atoms with Gasteiger partial charge in [-0.3, -0.25) is 5.84 Å². The van der Waals surface area contributed by atoms with Gasteiger partial charge in [0.15, 0.2) is 0 Å². The van der Waals surface area contributed by atoms with Crippen molar-refractivity contribution in [3.8, 4) is 0 Å². The van der Waals surface area contributed by atoms with Gasteiger partial charge in [0.25, 0.3) is 0 Å². The summed E-state index contributed by atoms with van der Waals surface area (Å²) >= 11 is 0. The molecule has 1 saturated heterocycles. The second-order valence-electron chi connectivity index (χ2n) is 3.57. The first-order chi connectivity index (χ1) is 5.77. The predicted octanol–water partition coefficient (Wildman–Crippen LogP) is -0.663. The van der Waals surface area contributed by atoms with Crippen LogP contribution in [-0.4, -0.2) is 38.3 Å². The Morgan fingerprint density at radius 3 is 2.42 bits per heavy atom. The van der Waals surface area contributed by atoms with Gasteiger partial charge in [-0.05, 0) is 45.9 Å². The Kier molecular flexibility index (Phi) is 3.94. The summed E-state index contributed by atoms with van der Waals surface area (Å²) in [4.78, 5) is 2.36. The minimum atomic E-state index is 0.277. The van der Waals surface area contributed by atoms with E-state index in [9.17, 15) is 0 Å². The van der Waals surface area contributed by atoms with Crippen molar-refractivity contribution in [2.75, 3.05) is 27.2 Å². The van der Waals surface area contributed by atoms with E-state index in [1.807, 2.05) is 7.05 Å². The Morgan fingerprint density at radius 2 is 2.00 bits per heavy atom. The van der Waals surface area contributed by atoms with Gasteiger partial charge in [0.2, 0.25) is 0 Å². The fourth-order valence-corrected chi connectivity index (χ4v) is 1.82. The summed E-state index contributed by atoms with van der Waals surface area (Å²) in [5.74, 6) is 6.10. The highest BCUT2D eigenvalue weighted by Crippen LogP contribution is 2.17. The Morgan fingerprint density at radius 1 is 1.42 bits per heavy atom. The highest BCUT2D eigenvalue weighted by Gasteiger charge is 2.22. The Bertz CT molecular complexity index is 116. The summed E-state index contributed by atoms with van der Waals surface area (Å²) in [5, 5.41) is 3.18. The van der Waals surface area contributed by atoms with Gasteiger partial charge in [-0.1, -0.05) is 0 Å². The Balaban J connectivity index is 2.32. The van der Waals surface area contributed by atoms with Gasteiger partial charge in [0, 0.05) is 0 Å². The van der Waals surface area contributed by atoms with Crippen LogP contribution in [0.15, 0.2) is 0 Å². The third-order valence-corrected chi connectivity index (χ3v) is 2.73. The van der Waals surface area contributed by atoms with Crippen molar-refractivity contribution in [3.63, 3.8) is 0 Å². The van der Waals surface area contributed by atoms with Crippen LogP contribution in [0.4, 0.5) is 0 Å². The predicted molar refractivity (Wildman–Crippen MR) is 50.4 cm³/mol. The molecule has 0 bridgehead atoms. The number of nitrogens with one attached hydrogen (secondary N) is 2. The van der Waals surface area contributed by atoms with Crippen LogP contribution in [0, 0.1) is 5.92 Å². The standard InChI is InChI=1S/C8H20N4/c1-10-8(11-9)7-3-5-12(2)6-4-7/h7-8,10-11H,3-6,9H2,1-2H3. The van der Waals surface area contributed by atoms with E-state index in [-0.39, 0.29) is 6.17 Å². The smallest absolute Gasteiger partial charge is 0.0728 e. The van der Waals surface area contributed by atoms with Crippen molar-refractivity contribution in [2.45, 2.75) is 19.0 Å². The lowest BCUT2D eigenvalue weighted by Crippen LogP contribution is -2.52. The molecule has 1 rings (SSSR count). The van der Waals surface area contributed by atoms with Crippen molar-refractivity contribution in [1.82, 2.24) is 15.6 Å². The van der Waals surface area contributed by atoms with Crippen LogP contribution in [0.2, 0.25) is 0 Å². The third-order valence-electron chi connectivity index (χ3n) is 2.73. The minimum absolute atomic E-state index is 0.277. The molecule has 4 heteroatoms. The molecule has 1 aliphatic rings. The van der Waals surface area contributed by atoms with E-state index >= 15 is 0 Å². The average Bonchev–Trinajstić information content (AvgIpc) is 2.10. The number of nitrogens with two attached hydrogens (primary N) is 1. The highest BCUT2D eigenvalue weighted by atomic mass is 15.3. The van der Waals surface area contributed by atoms with Crippen molar-refractivity contribution in [1.29, 1.82) is 0 Å². The van der Waals surface area contributed by atoms with Gasteiger partial charge in [-0.25, -0.2) is 5.43 Å². The monoisotopic (exact) mass is 172 g/mol. The molecule has 0 aromatic carbocycles. The molecule has 0 aliphatic carbocycles. The molecule has 0 aromatic heterocycles. The lowest BCUT2D eigenvalue weighted by molar-refractivity contribution is 0.173. The third kappa shape index (κ3) is 2.42. The Labute approximate surface area is 74.5 Å². The first-order valence-electron chi connectivity index (χ1n) is 4.60. The van der Waals surface area contributed by atoms with E-state index < -0.39 is 0 Å². The normalized spacial score (nSPS) is 24.2. The van der Waals surface area contributed by atoms with E-state index in [1.165, 1.54) is 25.9 Å². The summed E-state index contributed by atoms with van der Waals surface area (Å²) in [6.07, 6.45) is 2.73. The fourth-order valence-electron chi connectivity index (χ4n) is 1.82. The summed E-state index contributed by atoms with van der Waals surface area (Å²) in [7, 11) is 4.11. The number of rotatable bonds is 3. The molecule has 0 amide bonds. The quantitative estimate of drug-likeness (QED) is 0.300. The van der Waals surface area contributed by atoms with E-state index in [1.54, 1.807) is 0 Å². The number of piperidine rings is 1. The zero-order valence-electron chi connectivity index (χ0n) is 8.01. The van der Waals surface area contributed by atoms with Crippen molar-refractivity contribution >= 4 is 0 Å². The summed E-state index contributed by atoms with van der Waals surface area (Å²) in [6, 6.07) is 0. The molecule has 0 radical (unpaired) electrons. The second kappa shape index (κ2) is 4.77. The molecular formula is C8H20N4. The van der Waals surface area contributed by atoms with Crippen LogP contribution >= 0.6 is 0 Å². The zero-order chi connectivity index (χ0) is 8.97. The Hall–Kier alpha value is -0.160. The molecule has 0 saturated carbocycles. The van der Waals surface area contributed by atoms with Crippen molar-refractivity contribution in [3.05, 3.63) is 0 Å². The number of nitrogens with zero attached hydrogens (tertiary/aromatic N) is 1. The van der Waals surface area contributed by atoms with Gasteiger partial charge in [0.05, 0.1) is 6.17 Å². The molecule has 0 spiro atoms. The lowest BCUT2D eigenvalue weighted by Gasteiger charge is -2.33. The van der Waals surface area contributed by atoms with Crippen LogP contribution in [0.25, 0.3) is 0 Å². The SMILES string of the molecule is CNC(NN)C1CCN(C)CC1. The number of hydrogen-bond acceptors (Lipinski definition) is 4. The molecule has 1 fully saturated rings. The van der Waals surface area contributed by atoms with E-state index in [4.69, 9.17) is 5.84 Å². The molecule has 4 N–H and O–H groups in total. The van der Waals surface area contributed by atoms with Gasteiger partial charge in [-0.2, -0.15) is 0 Å². The molecule has 12 heavy (non-hydrogen) atoms. The summed E-state index contributed by atoms with van der Waals surface area (Å²) < 4.78 is 0. The molecule has 1 atom stereocenters. The summed E-state index contributed by atoms with van der Waals surface area (Å²) in [5.41, 5.74) is 2.81. The summed E-state index contributed by atoms with van der Waals surface area (Å²) in [6.45, 7) is 2.37. The lowest BCUT2D eigenvalue weighted by atomic mass is 9.94. The van der Waals surface area contributed by atoms with Crippen LogP contribution in [0.5, 0.6) is 0 Å². The molecule has 0 aromatic rings. The fraction of sp³-hybridized carbons (Fsp3) is 1.00. The topological polar surface area (TPSA) is 53.3 Å². The van der Waals surface area contributed by atoms with Gasteiger partial charge in [0.1, 0.15) is 0 Å². The highest BCUT2D eigenvalue weighted by molar-refractivity contribution is 4.77. The van der Waals surface area contributed by atoms with Gasteiger partial charge < -0.3 is 10.2 Å². The number of hydrazine groups is 1. The van der Waals surface area contributed by atoms with Gasteiger partial charge in [-0.15, -0.1) is 0 Å². The molecule has 1 heterocycles. The van der Waals surface area contributed by atoms with Crippen LogP contribution in [0.1, 0.15) is 12.8 Å². The number of likely N-dealkylation sites (tertiary alicyclic amines) is 1. The van der Waals surface area contributed by atoms with Crippen molar-refractivity contribution in [2.24, 2.45) is 11.8 Å². The van der Waals surface area contributed by atoms with E-state index in [2.05, 4.69) is 22.7 Å². The number of hydrogen-bond donors (Lipinski definition) is 3. The maximum absolute atomic E-state index is 5.42. The van der Waals surface area contributed by atoms with Crippen LogP contribution in [-0.2, 0) is 0 Å². The van der Waals surface area contributed by atoms with Crippen molar-refractivity contribution < 1.29 is 0 Å². The molecule has 4 nitrogen and oxygen atoms in total. The first-order valence-corrected chi connectivity index (χ1v) is 4.60. The van der Waals surface area contributed by atoms with Crippen LogP contribution in [0.3, 0.4) is 0 Å². The minimum Gasteiger partial charge on any atom is -0.306 e. The van der Waals surface area contributed by atoms with E-state index in [0.717, 1.165) is 0 Å². The van der Waals surface area contributed by atoms with Crippen LogP contribution < -0.4 is 16.6 Å². The van der Waals surface area contributed by atoms with E-state index in [0.29, 0.717) is 5.92 Å². The van der Waals surface area contributed by atoms with Gasteiger partial charge >= 0.3 is 0 Å². The second-order valence-corrected chi connectivity index (χ2v) is 3.57. The zero-order valence-corrected chi connectivity index (χ0v) is 8.01. The molecular weight excluding hydrogens is 152 g/mol. The molecule has 1 aliphatic heterocycles.